The SMILES string of the molecule is C[C@H](NC(=O)OC(C)(C)C)C(=O)NCc1ccc(C(=O)OCc2ccccc2)cc1. The first-order valence-electron chi connectivity index (χ1n) is 9.71. The Morgan fingerprint density at radius 2 is 1.57 bits per heavy atom. The molecule has 1 atom stereocenters. The van der Waals surface area contributed by atoms with E-state index in [1.54, 1.807) is 52.0 Å². The number of carbonyl (C=O) groups is 3. The molecule has 30 heavy (non-hydrogen) atoms. The van der Waals surface area contributed by atoms with Gasteiger partial charge >= 0.3 is 12.1 Å². The first-order valence-corrected chi connectivity index (χ1v) is 9.71. The molecule has 7 nitrogen and oxygen atoms in total. The van der Waals surface area contributed by atoms with Gasteiger partial charge in [0.05, 0.1) is 5.56 Å². The van der Waals surface area contributed by atoms with Crippen molar-refractivity contribution in [3.8, 4) is 0 Å². The summed E-state index contributed by atoms with van der Waals surface area (Å²) in [6.07, 6.45) is -0.650. The highest BCUT2D eigenvalue weighted by Crippen LogP contribution is 2.09. The molecule has 0 aliphatic carbocycles. The van der Waals surface area contributed by atoms with Crippen molar-refractivity contribution >= 4 is 18.0 Å². The summed E-state index contributed by atoms with van der Waals surface area (Å²) in [5.41, 5.74) is 1.53. The molecule has 2 aromatic carbocycles. The van der Waals surface area contributed by atoms with E-state index in [0.29, 0.717) is 5.56 Å². The van der Waals surface area contributed by atoms with Crippen LogP contribution in [0, 0.1) is 0 Å². The summed E-state index contributed by atoms with van der Waals surface area (Å²) in [7, 11) is 0. The van der Waals surface area contributed by atoms with Gasteiger partial charge in [-0.15, -0.1) is 0 Å². The van der Waals surface area contributed by atoms with Crippen LogP contribution in [0.25, 0.3) is 0 Å². The zero-order chi connectivity index (χ0) is 22.1. The zero-order valence-electron chi connectivity index (χ0n) is 17.7. The summed E-state index contributed by atoms with van der Waals surface area (Å²) in [4.78, 5) is 36.0. The Kier molecular flexibility index (Phi) is 7.98. The topological polar surface area (TPSA) is 93.7 Å². The van der Waals surface area contributed by atoms with Crippen molar-refractivity contribution in [2.24, 2.45) is 0 Å². The molecular formula is C23H28N2O5. The number of ether oxygens (including phenoxy) is 2. The van der Waals surface area contributed by atoms with Crippen molar-refractivity contribution in [1.29, 1.82) is 0 Å². The Morgan fingerprint density at radius 1 is 0.933 bits per heavy atom. The summed E-state index contributed by atoms with van der Waals surface area (Å²) in [6.45, 7) is 7.29. The molecule has 0 aliphatic rings. The minimum absolute atomic E-state index is 0.208. The van der Waals surface area contributed by atoms with Gasteiger partial charge in [-0.3, -0.25) is 4.79 Å². The molecule has 2 aromatic rings. The van der Waals surface area contributed by atoms with Gasteiger partial charge in [0.25, 0.3) is 0 Å². The van der Waals surface area contributed by atoms with Crippen LogP contribution >= 0.6 is 0 Å². The Bertz CT molecular complexity index is 857. The van der Waals surface area contributed by atoms with Gasteiger partial charge in [0.15, 0.2) is 0 Å². The Hall–Kier alpha value is -3.35. The average Bonchev–Trinajstić information content (AvgIpc) is 2.69. The predicted molar refractivity (Wildman–Crippen MR) is 113 cm³/mol. The quantitative estimate of drug-likeness (QED) is 0.678. The molecule has 0 fully saturated rings. The molecule has 0 saturated heterocycles. The Labute approximate surface area is 176 Å². The van der Waals surface area contributed by atoms with E-state index in [0.717, 1.165) is 11.1 Å². The van der Waals surface area contributed by atoms with Crippen molar-refractivity contribution in [2.45, 2.75) is 52.5 Å². The first kappa shape index (κ1) is 22.9. The molecule has 0 aliphatic heterocycles. The van der Waals surface area contributed by atoms with Crippen LogP contribution in [-0.2, 0) is 27.4 Å². The van der Waals surface area contributed by atoms with E-state index in [2.05, 4.69) is 10.6 Å². The van der Waals surface area contributed by atoms with Crippen molar-refractivity contribution in [1.82, 2.24) is 10.6 Å². The third-order valence-corrected chi connectivity index (χ3v) is 4.00. The van der Waals surface area contributed by atoms with Crippen LogP contribution in [-0.4, -0.2) is 29.6 Å². The molecule has 160 valence electrons. The number of amides is 2. The second-order valence-corrected chi connectivity index (χ2v) is 7.84. The molecule has 0 heterocycles. The van der Waals surface area contributed by atoms with Gasteiger partial charge < -0.3 is 20.1 Å². The molecule has 2 N–H and O–H groups in total. The van der Waals surface area contributed by atoms with E-state index in [4.69, 9.17) is 9.47 Å². The molecule has 0 spiro atoms. The highest BCUT2D eigenvalue weighted by molar-refractivity contribution is 5.89. The third kappa shape index (κ3) is 7.95. The molecule has 0 aromatic heterocycles. The lowest BCUT2D eigenvalue weighted by atomic mass is 10.1. The monoisotopic (exact) mass is 412 g/mol. The third-order valence-electron chi connectivity index (χ3n) is 4.00. The maximum atomic E-state index is 12.2. The summed E-state index contributed by atoms with van der Waals surface area (Å²) < 4.78 is 10.4. The van der Waals surface area contributed by atoms with E-state index in [1.165, 1.54) is 0 Å². The van der Waals surface area contributed by atoms with Crippen LogP contribution in [0.1, 0.15) is 49.2 Å². The number of carbonyl (C=O) groups excluding carboxylic acids is 3. The highest BCUT2D eigenvalue weighted by atomic mass is 16.6. The van der Waals surface area contributed by atoms with Crippen molar-refractivity contribution < 1.29 is 23.9 Å². The molecule has 2 rings (SSSR count). The van der Waals surface area contributed by atoms with Gasteiger partial charge in [0, 0.05) is 6.54 Å². The van der Waals surface area contributed by atoms with Crippen molar-refractivity contribution in [3.05, 3.63) is 71.3 Å². The smallest absolute Gasteiger partial charge is 0.408 e. The van der Waals surface area contributed by atoms with Crippen LogP contribution in [0.5, 0.6) is 0 Å². The summed E-state index contributed by atoms with van der Waals surface area (Å²) in [5.74, 6) is -0.753. The van der Waals surface area contributed by atoms with E-state index >= 15 is 0 Å². The average molecular weight is 412 g/mol. The molecule has 0 saturated carbocycles. The summed E-state index contributed by atoms with van der Waals surface area (Å²) in [6, 6.07) is 15.5. The molecular weight excluding hydrogens is 384 g/mol. The van der Waals surface area contributed by atoms with Crippen LogP contribution in [0.3, 0.4) is 0 Å². The van der Waals surface area contributed by atoms with Gasteiger partial charge in [-0.2, -0.15) is 0 Å². The lowest BCUT2D eigenvalue weighted by Gasteiger charge is -2.21. The fraction of sp³-hybridized carbons (Fsp3) is 0.348. The standard InChI is InChI=1S/C23H28N2O5/c1-16(25-22(28)30-23(2,3)4)20(26)24-14-17-10-12-19(13-11-17)21(27)29-15-18-8-6-5-7-9-18/h5-13,16H,14-15H2,1-4H3,(H,24,26)(H,25,28)/t16-/m0/s1. The molecule has 2 amide bonds. The van der Waals surface area contributed by atoms with Crippen LogP contribution in [0.4, 0.5) is 4.79 Å². The van der Waals surface area contributed by atoms with Gasteiger partial charge in [-0.05, 0) is 51.0 Å². The number of nitrogens with one attached hydrogen (secondary N) is 2. The summed E-state index contributed by atoms with van der Waals surface area (Å²) in [5, 5.41) is 5.23. The number of benzene rings is 2. The van der Waals surface area contributed by atoms with Crippen LogP contribution in [0.2, 0.25) is 0 Å². The lowest BCUT2D eigenvalue weighted by molar-refractivity contribution is -0.122. The Morgan fingerprint density at radius 3 is 2.17 bits per heavy atom. The maximum absolute atomic E-state index is 12.2. The molecule has 7 heteroatoms. The minimum atomic E-state index is -0.743. The highest BCUT2D eigenvalue weighted by Gasteiger charge is 2.20. The molecule has 0 bridgehead atoms. The van der Waals surface area contributed by atoms with Crippen LogP contribution < -0.4 is 10.6 Å². The fourth-order valence-electron chi connectivity index (χ4n) is 2.46. The predicted octanol–water partition coefficient (Wildman–Crippen LogP) is 3.57. The van der Waals surface area contributed by atoms with Crippen molar-refractivity contribution in [2.75, 3.05) is 0 Å². The second-order valence-electron chi connectivity index (χ2n) is 7.84. The number of rotatable bonds is 7. The molecule has 0 unspecified atom stereocenters. The van der Waals surface area contributed by atoms with E-state index in [1.807, 2.05) is 30.3 Å². The number of hydrogen-bond acceptors (Lipinski definition) is 5. The fourth-order valence-corrected chi connectivity index (χ4v) is 2.46. The first-order chi connectivity index (χ1) is 14.1. The normalized spacial score (nSPS) is 11.9. The van der Waals surface area contributed by atoms with Gasteiger partial charge in [-0.25, -0.2) is 9.59 Å². The minimum Gasteiger partial charge on any atom is -0.457 e. The van der Waals surface area contributed by atoms with E-state index < -0.39 is 23.7 Å². The number of alkyl carbamates (subject to hydrolysis) is 1. The van der Waals surface area contributed by atoms with Crippen LogP contribution in [0.15, 0.2) is 54.6 Å². The number of esters is 1. The van der Waals surface area contributed by atoms with Crippen molar-refractivity contribution in [3.63, 3.8) is 0 Å². The van der Waals surface area contributed by atoms with E-state index in [-0.39, 0.29) is 19.1 Å². The second kappa shape index (κ2) is 10.4. The van der Waals surface area contributed by atoms with Gasteiger partial charge in [-0.1, -0.05) is 42.5 Å². The molecule has 0 radical (unpaired) electrons. The largest absolute Gasteiger partial charge is 0.457 e. The van der Waals surface area contributed by atoms with Gasteiger partial charge in [0.2, 0.25) is 5.91 Å². The lowest BCUT2D eigenvalue weighted by Crippen LogP contribution is -2.46. The Balaban J connectivity index is 1.78. The number of hydrogen-bond donors (Lipinski definition) is 2. The summed E-state index contributed by atoms with van der Waals surface area (Å²) >= 11 is 0. The van der Waals surface area contributed by atoms with E-state index in [9.17, 15) is 14.4 Å². The maximum Gasteiger partial charge on any atom is 0.408 e. The zero-order valence-corrected chi connectivity index (χ0v) is 17.7. The van der Waals surface area contributed by atoms with Gasteiger partial charge in [0.1, 0.15) is 18.2 Å².